The van der Waals surface area contributed by atoms with Gasteiger partial charge in [-0.15, -0.1) is 0 Å². The van der Waals surface area contributed by atoms with E-state index >= 15 is 0 Å². The fourth-order valence-electron chi connectivity index (χ4n) is 4.97. The van der Waals surface area contributed by atoms with Crippen molar-refractivity contribution in [2.75, 3.05) is 26.7 Å². The lowest BCUT2D eigenvalue weighted by molar-refractivity contribution is -0.137. The molecule has 2 aliphatic rings. The molecule has 37 heavy (non-hydrogen) atoms. The molecule has 1 unspecified atom stereocenters. The van der Waals surface area contributed by atoms with Crippen LogP contribution in [0.1, 0.15) is 53.7 Å². The molecular formula is C26H31F3N4O4. The third-order valence-electron chi connectivity index (χ3n) is 7.09. The number of carbonyl (C=O) groups is 2. The molecule has 0 spiro atoms. The summed E-state index contributed by atoms with van der Waals surface area (Å²) in [7, 11) is 1.54. The number of halogens is 3. The first-order valence-corrected chi connectivity index (χ1v) is 12.3. The zero-order valence-corrected chi connectivity index (χ0v) is 20.6. The Bertz CT molecular complexity index is 1120. The van der Waals surface area contributed by atoms with Crippen LogP contribution in [0.2, 0.25) is 0 Å². The van der Waals surface area contributed by atoms with Crippen LogP contribution in [-0.2, 0) is 16.6 Å². The summed E-state index contributed by atoms with van der Waals surface area (Å²) in [5.74, 6) is -0.548. The van der Waals surface area contributed by atoms with Crippen LogP contribution >= 0.6 is 0 Å². The van der Waals surface area contributed by atoms with E-state index in [1.165, 1.54) is 13.2 Å². The van der Waals surface area contributed by atoms with E-state index in [1.807, 2.05) is 12.1 Å². The molecule has 2 heterocycles. The molecule has 1 saturated heterocycles. The highest BCUT2D eigenvalue weighted by atomic mass is 19.4. The number of hydrogen-bond acceptors (Lipinski definition) is 6. The minimum atomic E-state index is -4.55. The number of carbonyl (C=O) groups excluding carboxylic acids is 2. The van der Waals surface area contributed by atoms with E-state index in [4.69, 9.17) is 4.74 Å². The number of nitrogens with one attached hydrogen (secondary N) is 2. The van der Waals surface area contributed by atoms with Crippen molar-refractivity contribution < 1.29 is 32.6 Å². The predicted octanol–water partition coefficient (Wildman–Crippen LogP) is 2.86. The third kappa shape index (κ3) is 6.58. The zero-order valence-electron chi connectivity index (χ0n) is 20.6. The van der Waals surface area contributed by atoms with Gasteiger partial charge in [0.2, 0.25) is 11.8 Å². The van der Waals surface area contributed by atoms with Gasteiger partial charge in [-0.05, 0) is 56.4 Å². The van der Waals surface area contributed by atoms with Crippen LogP contribution in [0.25, 0.3) is 0 Å². The molecule has 1 saturated carbocycles. The fraction of sp³-hybridized carbons (Fsp3) is 0.500. The van der Waals surface area contributed by atoms with Gasteiger partial charge in [0.15, 0.2) is 0 Å². The van der Waals surface area contributed by atoms with Gasteiger partial charge in [0.25, 0.3) is 5.91 Å². The molecule has 0 radical (unpaired) electrons. The van der Waals surface area contributed by atoms with Crippen molar-refractivity contribution in [1.82, 2.24) is 20.5 Å². The summed E-state index contributed by atoms with van der Waals surface area (Å²) >= 11 is 0. The lowest BCUT2D eigenvalue weighted by Crippen LogP contribution is -2.46. The van der Waals surface area contributed by atoms with Gasteiger partial charge in [0.05, 0.1) is 24.9 Å². The summed E-state index contributed by atoms with van der Waals surface area (Å²) in [6, 6.07) is 9.76. The van der Waals surface area contributed by atoms with Crippen LogP contribution in [0.15, 0.2) is 42.5 Å². The zero-order chi connectivity index (χ0) is 26.6. The Labute approximate surface area is 213 Å². The van der Waals surface area contributed by atoms with Crippen LogP contribution < -0.4 is 15.4 Å². The smallest absolute Gasteiger partial charge is 0.416 e. The molecule has 2 aromatic rings. The molecule has 0 bridgehead atoms. The molecule has 200 valence electrons. The Balaban J connectivity index is 1.22. The Morgan fingerprint density at radius 3 is 2.57 bits per heavy atom. The van der Waals surface area contributed by atoms with E-state index < -0.39 is 23.2 Å². The van der Waals surface area contributed by atoms with E-state index in [0.717, 1.165) is 37.5 Å². The lowest BCUT2D eigenvalue weighted by Gasteiger charge is -2.37. The van der Waals surface area contributed by atoms with Crippen LogP contribution in [0.3, 0.4) is 0 Å². The highest BCUT2D eigenvalue weighted by molar-refractivity contribution is 5.96. The van der Waals surface area contributed by atoms with Crippen molar-refractivity contribution in [3.63, 3.8) is 0 Å². The molecule has 3 N–H and O–H groups in total. The van der Waals surface area contributed by atoms with E-state index in [2.05, 4.69) is 15.6 Å². The number of pyridine rings is 1. The van der Waals surface area contributed by atoms with Crippen LogP contribution in [0.4, 0.5) is 13.2 Å². The summed E-state index contributed by atoms with van der Waals surface area (Å²) < 4.78 is 43.8. The number of ether oxygens (including phenoxy) is 1. The van der Waals surface area contributed by atoms with Crippen molar-refractivity contribution in [2.45, 2.75) is 56.0 Å². The first-order valence-electron chi connectivity index (χ1n) is 12.3. The molecule has 1 aliphatic heterocycles. The number of aromatic nitrogens is 1. The molecule has 1 atom stereocenters. The summed E-state index contributed by atoms with van der Waals surface area (Å²) in [6.45, 7) is 0.725. The van der Waals surface area contributed by atoms with E-state index in [-0.39, 0.29) is 30.1 Å². The maximum Gasteiger partial charge on any atom is 0.416 e. The lowest BCUT2D eigenvalue weighted by atomic mass is 9.79. The predicted molar refractivity (Wildman–Crippen MR) is 129 cm³/mol. The topological polar surface area (TPSA) is 104 Å². The Kier molecular flexibility index (Phi) is 8.03. The van der Waals surface area contributed by atoms with Gasteiger partial charge in [-0.25, -0.2) is 4.98 Å². The van der Waals surface area contributed by atoms with Gasteiger partial charge in [0, 0.05) is 36.8 Å². The van der Waals surface area contributed by atoms with Crippen molar-refractivity contribution in [3.8, 4) is 5.88 Å². The Morgan fingerprint density at radius 1 is 1.14 bits per heavy atom. The third-order valence-corrected chi connectivity index (χ3v) is 7.09. The second-order valence-corrected chi connectivity index (χ2v) is 9.62. The molecule has 4 rings (SSSR count). The molecule has 2 amide bonds. The van der Waals surface area contributed by atoms with Crippen molar-refractivity contribution in [2.24, 2.45) is 0 Å². The first-order chi connectivity index (χ1) is 17.6. The monoisotopic (exact) mass is 520 g/mol. The Morgan fingerprint density at radius 2 is 1.86 bits per heavy atom. The van der Waals surface area contributed by atoms with Gasteiger partial charge < -0.3 is 25.4 Å². The normalized spacial score (nSPS) is 24.1. The quantitative estimate of drug-likeness (QED) is 0.519. The fourth-order valence-corrected chi connectivity index (χ4v) is 4.97. The second kappa shape index (κ2) is 11.1. The highest BCUT2D eigenvalue weighted by Crippen LogP contribution is 2.37. The number of nitrogens with zero attached hydrogens (tertiary/aromatic N) is 2. The molecule has 1 aromatic heterocycles. The maximum atomic E-state index is 12.9. The number of benzene rings is 1. The molecule has 11 heteroatoms. The van der Waals surface area contributed by atoms with Crippen molar-refractivity contribution >= 4 is 11.8 Å². The number of hydrogen-bond donors (Lipinski definition) is 3. The molecular weight excluding hydrogens is 489 g/mol. The van der Waals surface area contributed by atoms with E-state index in [1.54, 1.807) is 11.0 Å². The summed E-state index contributed by atoms with van der Waals surface area (Å²) in [5, 5.41) is 17.1. The number of aliphatic hydroxyl groups is 1. The number of likely N-dealkylation sites (tertiary alicyclic amines) is 1. The minimum Gasteiger partial charge on any atom is -0.481 e. The van der Waals surface area contributed by atoms with Gasteiger partial charge in [-0.3, -0.25) is 9.59 Å². The summed E-state index contributed by atoms with van der Waals surface area (Å²) in [6.07, 6.45) is -1.17. The SMILES string of the molecule is COc1cccc(C2(O)CCC(NC3CCN(C(=O)CNC(=O)c4cccc(C(F)(F)F)c4)C3)CC2)n1. The van der Waals surface area contributed by atoms with Crippen LogP contribution in [-0.4, -0.2) is 65.6 Å². The van der Waals surface area contributed by atoms with E-state index in [0.29, 0.717) is 37.5 Å². The molecule has 2 fully saturated rings. The van der Waals surface area contributed by atoms with Crippen molar-refractivity contribution in [3.05, 3.63) is 59.3 Å². The van der Waals surface area contributed by atoms with Crippen LogP contribution in [0.5, 0.6) is 5.88 Å². The van der Waals surface area contributed by atoms with Crippen LogP contribution in [0, 0.1) is 0 Å². The number of rotatable bonds is 7. The summed E-state index contributed by atoms with van der Waals surface area (Å²) in [5.41, 5.74) is -1.46. The maximum absolute atomic E-state index is 12.9. The Hall–Kier alpha value is -3.18. The molecule has 1 aromatic carbocycles. The average molecular weight is 521 g/mol. The van der Waals surface area contributed by atoms with Gasteiger partial charge >= 0.3 is 6.18 Å². The minimum absolute atomic E-state index is 0.0919. The number of alkyl halides is 3. The standard InChI is InChI=1S/C26H31F3N4O4/c1-37-22-7-3-6-21(32-22)25(36)11-8-19(9-12-25)31-20-10-13-33(16-20)23(34)15-30-24(35)17-4-2-5-18(14-17)26(27,28)29/h2-7,14,19-20,31,36H,8-13,15-16H2,1H3,(H,30,35). The van der Waals surface area contributed by atoms with Gasteiger partial charge in [0.1, 0.15) is 5.60 Å². The molecule has 8 nitrogen and oxygen atoms in total. The number of methoxy groups -OCH3 is 1. The first kappa shape index (κ1) is 26.9. The highest BCUT2D eigenvalue weighted by Gasteiger charge is 2.38. The van der Waals surface area contributed by atoms with Gasteiger partial charge in [-0.1, -0.05) is 12.1 Å². The average Bonchev–Trinajstić information content (AvgIpc) is 3.37. The number of amides is 2. The van der Waals surface area contributed by atoms with Gasteiger partial charge in [-0.2, -0.15) is 13.2 Å². The molecule has 1 aliphatic carbocycles. The van der Waals surface area contributed by atoms with E-state index in [9.17, 15) is 27.9 Å². The van der Waals surface area contributed by atoms with Crippen molar-refractivity contribution in [1.29, 1.82) is 0 Å². The largest absolute Gasteiger partial charge is 0.481 e. The second-order valence-electron chi connectivity index (χ2n) is 9.62. The summed E-state index contributed by atoms with van der Waals surface area (Å²) in [4.78, 5) is 30.9.